The van der Waals surface area contributed by atoms with Gasteiger partial charge in [0.25, 0.3) is 0 Å². The molecule has 1 atom stereocenters. The van der Waals surface area contributed by atoms with E-state index in [2.05, 4.69) is 19.9 Å². The maximum atomic E-state index is 13.4. The van der Waals surface area contributed by atoms with E-state index < -0.39 is 5.92 Å². The van der Waals surface area contributed by atoms with Crippen LogP contribution >= 0.6 is 22.9 Å². The number of Topliss-reactive ketones (excluding diaryl/α,β-unsaturated/α-hetero) is 1. The molecule has 3 N–H and O–H groups in total. The maximum absolute atomic E-state index is 13.4. The topological polar surface area (TPSA) is 90.3 Å². The number of aliphatic hydroxyl groups is 1. The van der Waals surface area contributed by atoms with Gasteiger partial charge in [-0.05, 0) is 54.8 Å². The fraction of sp³-hybridized carbons (Fsp3) is 0.360. The van der Waals surface area contributed by atoms with Crippen molar-refractivity contribution in [1.29, 1.82) is 5.26 Å². The number of benzene rings is 1. The lowest BCUT2D eigenvalue weighted by atomic mass is 9.69. The lowest BCUT2D eigenvalue weighted by Crippen LogP contribution is -2.42. The summed E-state index contributed by atoms with van der Waals surface area (Å²) in [5.74, 6) is 0.0504. The smallest absolute Gasteiger partial charge is 0.162 e. The summed E-state index contributed by atoms with van der Waals surface area (Å²) < 4.78 is 0. The second kappa shape index (κ2) is 9.50. The second-order valence-corrected chi connectivity index (χ2v) is 10.1. The molecule has 0 saturated carbocycles. The number of carbonyl (C=O) groups excluding carboxylic acids is 1. The molecular weight excluding hydrogens is 442 g/mol. The number of aliphatic hydroxyl groups excluding tert-OH is 1. The zero-order valence-electron chi connectivity index (χ0n) is 18.8. The molecule has 5 nitrogen and oxygen atoms in total. The average molecular weight is 470 g/mol. The first kappa shape index (κ1) is 24.1. The predicted octanol–water partition coefficient (Wildman–Crippen LogP) is 5.65. The molecule has 2 heterocycles. The van der Waals surface area contributed by atoms with Gasteiger partial charge in [-0.25, -0.2) is 0 Å². The van der Waals surface area contributed by atoms with Crippen molar-refractivity contribution in [1.82, 2.24) is 0 Å². The number of nitriles is 1. The highest BCUT2D eigenvalue weighted by molar-refractivity contribution is 7.10. The normalized spacial score (nSPS) is 19.8. The van der Waals surface area contributed by atoms with E-state index in [9.17, 15) is 10.1 Å². The number of halogens is 1. The summed E-state index contributed by atoms with van der Waals surface area (Å²) in [6, 6.07) is 11.8. The Kier molecular flexibility index (Phi) is 7.14. The molecule has 2 aliphatic rings. The van der Waals surface area contributed by atoms with Crippen LogP contribution in [0.5, 0.6) is 0 Å². The average Bonchev–Trinajstić information content (AvgIpc) is 3.24. The Bertz CT molecular complexity index is 1130. The summed E-state index contributed by atoms with van der Waals surface area (Å²) in [4.78, 5) is 16.2. The van der Waals surface area contributed by atoms with Gasteiger partial charge in [-0.15, -0.1) is 11.3 Å². The van der Waals surface area contributed by atoms with Crippen LogP contribution in [0.2, 0.25) is 5.02 Å². The zero-order valence-corrected chi connectivity index (χ0v) is 20.3. The molecule has 0 fully saturated rings. The van der Waals surface area contributed by atoms with Crippen LogP contribution in [0.3, 0.4) is 0 Å². The van der Waals surface area contributed by atoms with Gasteiger partial charge >= 0.3 is 0 Å². The van der Waals surface area contributed by atoms with Gasteiger partial charge in [0.15, 0.2) is 5.78 Å². The van der Waals surface area contributed by atoms with Crippen LogP contribution in [-0.2, 0) is 4.79 Å². The molecule has 168 valence electrons. The maximum Gasteiger partial charge on any atom is 0.162 e. The van der Waals surface area contributed by atoms with Gasteiger partial charge < -0.3 is 10.8 Å². The number of carbonyl (C=O) groups is 1. The summed E-state index contributed by atoms with van der Waals surface area (Å²) in [6.07, 6.45) is 1.15. The Morgan fingerprint density at radius 3 is 2.59 bits per heavy atom. The van der Waals surface area contributed by atoms with E-state index in [0.29, 0.717) is 34.8 Å². The minimum Gasteiger partial charge on any atom is -0.397 e. The van der Waals surface area contributed by atoms with Crippen LogP contribution < -0.4 is 10.6 Å². The molecule has 7 heteroatoms. The fourth-order valence-electron chi connectivity index (χ4n) is 4.36. The third-order valence-corrected chi connectivity index (χ3v) is 7.04. The number of nitrogens with two attached hydrogens (primary N) is 1. The van der Waals surface area contributed by atoms with Gasteiger partial charge in [0.2, 0.25) is 0 Å². The minimum absolute atomic E-state index is 0.0829. The Balaban J connectivity index is 0.000000913. The van der Waals surface area contributed by atoms with Crippen molar-refractivity contribution < 1.29 is 9.90 Å². The number of allylic oxidation sites excluding steroid dienone is 3. The first-order valence-corrected chi connectivity index (χ1v) is 11.8. The van der Waals surface area contributed by atoms with Crippen LogP contribution in [0.4, 0.5) is 5.69 Å². The molecular formula is C25H28ClN3O2S. The molecule has 0 radical (unpaired) electrons. The SMILES string of the molecule is CCO.Cc1c(Cl)cccc1N1C(N)=C(C#N)C(c2cccs2)C2=C1CC(C)(C)CC2=O. The van der Waals surface area contributed by atoms with Gasteiger partial charge in [-0.2, -0.15) is 5.26 Å². The third kappa shape index (κ3) is 4.33. The molecule has 1 unspecified atom stereocenters. The van der Waals surface area contributed by atoms with E-state index in [1.807, 2.05) is 47.5 Å². The monoisotopic (exact) mass is 469 g/mol. The molecule has 1 aliphatic carbocycles. The van der Waals surface area contributed by atoms with E-state index in [1.165, 1.54) is 0 Å². The van der Waals surface area contributed by atoms with E-state index >= 15 is 0 Å². The van der Waals surface area contributed by atoms with Crippen molar-refractivity contribution in [2.24, 2.45) is 11.1 Å². The lowest BCUT2D eigenvalue weighted by molar-refractivity contribution is -0.118. The van der Waals surface area contributed by atoms with Crippen molar-refractivity contribution in [3.63, 3.8) is 0 Å². The zero-order chi connectivity index (χ0) is 23.6. The molecule has 1 aromatic heterocycles. The van der Waals surface area contributed by atoms with Gasteiger partial charge in [0, 0.05) is 34.2 Å². The summed E-state index contributed by atoms with van der Waals surface area (Å²) >= 11 is 7.93. The van der Waals surface area contributed by atoms with Crippen LogP contribution in [0, 0.1) is 23.7 Å². The minimum atomic E-state index is -0.408. The van der Waals surface area contributed by atoms with Gasteiger partial charge in [0.05, 0.1) is 23.2 Å². The number of rotatable bonds is 2. The number of anilines is 1. The van der Waals surface area contributed by atoms with Gasteiger partial charge in [-0.3, -0.25) is 9.69 Å². The largest absolute Gasteiger partial charge is 0.397 e. The second-order valence-electron chi connectivity index (χ2n) is 8.70. The predicted molar refractivity (Wildman–Crippen MR) is 130 cm³/mol. The molecule has 0 bridgehead atoms. The van der Waals surface area contributed by atoms with E-state index in [0.717, 1.165) is 21.8 Å². The Morgan fingerprint density at radius 1 is 1.31 bits per heavy atom. The highest BCUT2D eigenvalue weighted by Crippen LogP contribution is 2.51. The Hall–Kier alpha value is -2.59. The molecule has 1 aliphatic heterocycles. The number of hydrogen-bond donors (Lipinski definition) is 2. The molecule has 2 aromatic rings. The van der Waals surface area contributed by atoms with Crippen LogP contribution in [0.1, 0.15) is 50.0 Å². The fourth-order valence-corrected chi connectivity index (χ4v) is 5.38. The number of nitrogens with zero attached hydrogens (tertiary/aromatic N) is 2. The van der Waals surface area contributed by atoms with Crippen molar-refractivity contribution in [2.75, 3.05) is 11.5 Å². The van der Waals surface area contributed by atoms with Crippen LogP contribution in [0.15, 0.2) is 58.4 Å². The molecule has 0 spiro atoms. The number of thiophene rings is 1. The lowest BCUT2D eigenvalue weighted by Gasteiger charge is -2.44. The summed E-state index contributed by atoms with van der Waals surface area (Å²) in [5, 5.41) is 20.2. The first-order chi connectivity index (χ1) is 15.2. The highest BCUT2D eigenvalue weighted by Gasteiger charge is 2.45. The van der Waals surface area contributed by atoms with Crippen LogP contribution in [0.25, 0.3) is 0 Å². The van der Waals surface area contributed by atoms with E-state index in [-0.39, 0.29) is 17.8 Å². The Labute approximate surface area is 198 Å². The first-order valence-electron chi connectivity index (χ1n) is 10.5. The number of hydrogen-bond acceptors (Lipinski definition) is 6. The van der Waals surface area contributed by atoms with Crippen molar-refractivity contribution in [2.45, 2.75) is 46.5 Å². The summed E-state index contributed by atoms with van der Waals surface area (Å²) in [6.45, 7) is 8.05. The highest BCUT2D eigenvalue weighted by atomic mass is 35.5. The summed E-state index contributed by atoms with van der Waals surface area (Å²) in [7, 11) is 0. The summed E-state index contributed by atoms with van der Waals surface area (Å²) in [5.41, 5.74) is 10.1. The Morgan fingerprint density at radius 2 is 2.00 bits per heavy atom. The third-order valence-electron chi connectivity index (χ3n) is 5.69. The molecule has 4 rings (SSSR count). The van der Waals surface area contributed by atoms with Gasteiger partial charge in [0.1, 0.15) is 5.82 Å². The quantitative estimate of drug-likeness (QED) is 0.593. The molecule has 0 amide bonds. The van der Waals surface area contributed by atoms with E-state index in [1.54, 1.807) is 18.3 Å². The van der Waals surface area contributed by atoms with Crippen molar-refractivity contribution in [3.05, 3.63) is 73.8 Å². The molecule has 0 saturated heterocycles. The standard InChI is InChI=1S/C23H22ClN3OS.C2H6O/c1-13-15(24)6-4-7-16(13)27-17-10-23(2,3)11-18(28)21(17)20(14(12-25)22(27)26)19-8-5-9-29-19;1-2-3/h4-9,20H,10-11,26H2,1-3H3;3H,2H2,1H3. The molecule has 1 aromatic carbocycles. The van der Waals surface area contributed by atoms with Gasteiger partial charge in [-0.1, -0.05) is 37.6 Å². The van der Waals surface area contributed by atoms with Crippen LogP contribution in [-0.4, -0.2) is 17.5 Å². The van der Waals surface area contributed by atoms with Crippen molar-refractivity contribution >= 4 is 34.4 Å². The van der Waals surface area contributed by atoms with E-state index in [4.69, 9.17) is 22.4 Å². The van der Waals surface area contributed by atoms with Crippen molar-refractivity contribution in [3.8, 4) is 6.07 Å². The molecule has 32 heavy (non-hydrogen) atoms. The number of ketones is 1.